The average molecular weight is 891 g/mol. The third-order valence-electron chi connectivity index (χ3n) is 11.8. The second kappa shape index (κ2) is 24.9. The number of ether oxygens (including phenoxy) is 6. The Kier molecular flexibility index (Phi) is 19.2. The van der Waals surface area contributed by atoms with Crippen molar-refractivity contribution in [2.75, 3.05) is 81.9 Å². The van der Waals surface area contributed by atoms with Crippen molar-refractivity contribution in [1.29, 1.82) is 0 Å². The fraction of sp³-hybridized carbons (Fsp3) is 0.434. The van der Waals surface area contributed by atoms with E-state index < -0.39 is 0 Å². The maximum Gasteiger partial charge on any atom is 0.254 e. The van der Waals surface area contributed by atoms with Gasteiger partial charge in [0.2, 0.25) is 11.5 Å². The molecule has 0 aliphatic carbocycles. The molecule has 65 heavy (non-hydrogen) atoms. The second-order valence-electron chi connectivity index (χ2n) is 16.9. The first-order valence-corrected chi connectivity index (χ1v) is 22.5. The minimum absolute atomic E-state index is 0.0457. The Labute approximate surface area is 387 Å². The molecule has 12 heteroatoms. The zero-order valence-electron chi connectivity index (χ0n) is 40.1. The van der Waals surface area contributed by atoms with Gasteiger partial charge >= 0.3 is 0 Å². The van der Waals surface area contributed by atoms with E-state index in [1.165, 1.54) is 0 Å². The molecule has 2 aliphatic rings. The summed E-state index contributed by atoms with van der Waals surface area (Å²) in [5, 5.41) is 3.50. The van der Waals surface area contributed by atoms with Crippen LogP contribution in [0.5, 0.6) is 34.5 Å². The molecule has 1 N–H and O–H groups in total. The van der Waals surface area contributed by atoms with E-state index in [-0.39, 0.29) is 11.8 Å². The van der Waals surface area contributed by atoms with Crippen molar-refractivity contribution < 1.29 is 38.0 Å². The Hall–Kier alpha value is -5.98. The number of nitrogens with one attached hydrogen (secondary N) is 1. The first kappa shape index (κ1) is 50.0. The van der Waals surface area contributed by atoms with Crippen LogP contribution in [-0.4, -0.2) is 127 Å². The quantitative estimate of drug-likeness (QED) is 0.0979. The lowest BCUT2D eigenvalue weighted by atomic mass is 10.1. The molecule has 4 aromatic rings. The number of hydrogen-bond acceptors (Lipinski definition) is 10. The van der Waals surface area contributed by atoms with Gasteiger partial charge in [-0.05, 0) is 102 Å². The van der Waals surface area contributed by atoms with Gasteiger partial charge in [-0.2, -0.15) is 0 Å². The summed E-state index contributed by atoms with van der Waals surface area (Å²) in [6.07, 6.45) is 8.73. The monoisotopic (exact) mass is 891 g/mol. The SMILES string of the molecule is COc1cc(C(=O)N(C/C(C)=C/c2ccccc2)CC2CCCN2)cc(OC)c1OC.COc1cc(C(=O)N(C/C(C)=C/c2ccccc2)CC2CCCN2C(C)C)cc(OC)c1OC. The van der Waals surface area contributed by atoms with Crippen LogP contribution in [-0.2, 0) is 0 Å². The highest BCUT2D eigenvalue weighted by Crippen LogP contribution is 2.40. The maximum atomic E-state index is 13.9. The standard InChI is InChI=1S/C28H38N2O4.C25H32N2O4/c1-20(2)30-14-10-13-24(30)19-29(18-21(3)15-22-11-8-7-9-12-22)28(31)23-16-25(32-4)27(34-6)26(17-23)33-5;1-18(13-19-9-6-5-7-10-19)16-27(17-21-11-8-12-26-21)25(28)20-14-22(29-2)24(31-4)23(15-20)30-3/h7-9,11-12,15-17,20,24H,10,13-14,18-19H2,1-6H3;5-7,9-10,13-15,21,26H,8,11-12,16-17H2,1-4H3/b21-15+;18-13+. The number of benzene rings is 4. The van der Waals surface area contributed by atoms with Crippen LogP contribution in [0, 0.1) is 0 Å². The van der Waals surface area contributed by atoms with Crippen molar-refractivity contribution in [2.24, 2.45) is 0 Å². The van der Waals surface area contributed by atoms with E-state index >= 15 is 0 Å². The summed E-state index contributed by atoms with van der Waals surface area (Å²) in [5.74, 6) is 2.75. The summed E-state index contributed by atoms with van der Waals surface area (Å²) >= 11 is 0. The van der Waals surface area contributed by atoms with Gasteiger partial charge in [-0.25, -0.2) is 0 Å². The van der Waals surface area contributed by atoms with Crippen molar-refractivity contribution in [1.82, 2.24) is 20.0 Å². The van der Waals surface area contributed by atoms with Crippen LogP contribution in [0.3, 0.4) is 0 Å². The van der Waals surface area contributed by atoms with Gasteiger partial charge in [0.1, 0.15) is 0 Å². The Balaban J connectivity index is 0.000000245. The molecule has 2 fully saturated rings. The molecule has 350 valence electrons. The van der Waals surface area contributed by atoms with Gasteiger partial charge in [0.25, 0.3) is 11.8 Å². The molecule has 0 spiro atoms. The number of carbonyl (C=O) groups is 2. The lowest BCUT2D eigenvalue weighted by Gasteiger charge is -2.33. The van der Waals surface area contributed by atoms with Crippen molar-refractivity contribution in [3.8, 4) is 34.5 Å². The molecule has 2 saturated heterocycles. The molecule has 12 nitrogen and oxygen atoms in total. The van der Waals surface area contributed by atoms with E-state index in [1.54, 1.807) is 66.9 Å². The number of carbonyl (C=O) groups excluding carboxylic acids is 2. The molecule has 2 heterocycles. The van der Waals surface area contributed by atoms with Gasteiger partial charge in [0.15, 0.2) is 23.0 Å². The average Bonchev–Trinajstić information content (AvgIpc) is 4.03. The molecule has 6 rings (SSSR count). The molecule has 0 bridgehead atoms. The number of hydrogen-bond donors (Lipinski definition) is 1. The van der Waals surface area contributed by atoms with E-state index in [0.29, 0.717) is 89.9 Å². The zero-order chi connectivity index (χ0) is 46.9. The number of likely N-dealkylation sites (tertiary alicyclic amines) is 1. The summed E-state index contributed by atoms with van der Waals surface area (Å²) < 4.78 is 32.7. The lowest BCUT2D eigenvalue weighted by Crippen LogP contribution is -2.45. The highest BCUT2D eigenvalue weighted by molar-refractivity contribution is 5.96. The normalized spacial score (nSPS) is 16.4. The molecule has 2 amide bonds. The van der Waals surface area contributed by atoms with E-state index in [0.717, 1.165) is 61.0 Å². The fourth-order valence-electron chi connectivity index (χ4n) is 8.74. The fourth-order valence-corrected chi connectivity index (χ4v) is 8.74. The predicted octanol–water partition coefficient (Wildman–Crippen LogP) is 9.14. The van der Waals surface area contributed by atoms with Crippen molar-refractivity contribution >= 4 is 24.0 Å². The van der Waals surface area contributed by atoms with Gasteiger partial charge in [-0.15, -0.1) is 0 Å². The predicted molar refractivity (Wildman–Crippen MR) is 260 cm³/mol. The zero-order valence-corrected chi connectivity index (χ0v) is 40.1. The molecule has 0 aromatic heterocycles. The van der Waals surface area contributed by atoms with E-state index in [9.17, 15) is 9.59 Å². The van der Waals surface area contributed by atoms with Crippen LogP contribution >= 0.6 is 0 Å². The lowest BCUT2D eigenvalue weighted by molar-refractivity contribution is 0.0704. The third kappa shape index (κ3) is 13.8. The molecule has 2 unspecified atom stereocenters. The molecule has 4 aromatic carbocycles. The second-order valence-corrected chi connectivity index (χ2v) is 16.9. The van der Waals surface area contributed by atoms with Crippen LogP contribution in [0.25, 0.3) is 12.2 Å². The summed E-state index contributed by atoms with van der Waals surface area (Å²) in [6.45, 7) is 13.1. The Morgan fingerprint density at radius 3 is 1.43 bits per heavy atom. The summed E-state index contributed by atoms with van der Waals surface area (Å²) in [5.41, 5.74) is 5.53. The highest BCUT2D eigenvalue weighted by Gasteiger charge is 2.31. The van der Waals surface area contributed by atoms with E-state index in [4.69, 9.17) is 28.4 Å². The summed E-state index contributed by atoms with van der Waals surface area (Å²) in [6, 6.07) is 28.4. The summed E-state index contributed by atoms with van der Waals surface area (Å²) in [7, 11) is 9.35. The van der Waals surface area contributed by atoms with Crippen LogP contribution in [0.15, 0.2) is 96.1 Å². The van der Waals surface area contributed by atoms with Gasteiger partial charge in [-0.3, -0.25) is 14.5 Å². The summed E-state index contributed by atoms with van der Waals surface area (Å²) in [4.78, 5) is 33.8. The number of rotatable bonds is 19. The minimum atomic E-state index is -0.0613. The molecular weight excluding hydrogens is 821 g/mol. The van der Waals surface area contributed by atoms with Gasteiger partial charge < -0.3 is 43.5 Å². The van der Waals surface area contributed by atoms with Crippen molar-refractivity contribution in [3.05, 3.63) is 118 Å². The van der Waals surface area contributed by atoms with E-state index in [2.05, 4.69) is 74.3 Å². The van der Waals surface area contributed by atoms with Crippen molar-refractivity contribution in [2.45, 2.75) is 71.5 Å². The minimum Gasteiger partial charge on any atom is -0.493 e. The molecule has 2 atom stereocenters. The Morgan fingerprint density at radius 2 is 1.06 bits per heavy atom. The first-order valence-electron chi connectivity index (χ1n) is 22.5. The highest BCUT2D eigenvalue weighted by atomic mass is 16.5. The Morgan fingerprint density at radius 1 is 0.631 bits per heavy atom. The van der Waals surface area contributed by atoms with Gasteiger partial charge in [0, 0.05) is 55.4 Å². The molecule has 0 radical (unpaired) electrons. The topological polar surface area (TPSA) is 111 Å². The number of methoxy groups -OCH3 is 6. The molecular formula is C53H70N4O8. The van der Waals surface area contributed by atoms with E-state index in [1.807, 2.05) is 46.2 Å². The maximum absolute atomic E-state index is 13.9. The van der Waals surface area contributed by atoms with Crippen LogP contribution in [0.4, 0.5) is 0 Å². The van der Waals surface area contributed by atoms with Gasteiger partial charge in [-0.1, -0.05) is 84.0 Å². The van der Waals surface area contributed by atoms with Gasteiger partial charge in [0.05, 0.1) is 42.7 Å². The van der Waals surface area contributed by atoms with Crippen LogP contribution in [0.1, 0.15) is 85.2 Å². The van der Waals surface area contributed by atoms with Crippen LogP contribution < -0.4 is 33.7 Å². The number of amides is 2. The third-order valence-corrected chi connectivity index (χ3v) is 11.8. The largest absolute Gasteiger partial charge is 0.493 e. The Bertz CT molecular complexity index is 2150. The molecule has 0 saturated carbocycles. The van der Waals surface area contributed by atoms with Crippen molar-refractivity contribution in [3.63, 3.8) is 0 Å². The first-order chi connectivity index (χ1) is 31.4. The number of nitrogens with zero attached hydrogens (tertiary/aromatic N) is 3. The smallest absolute Gasteiger partial charge is 0.254 e. The van der Waals surface area contributed by atoms with Crippen LogP contribution in [0.2, 0.25) is 0 Å². The molecule has 2 aliphatic heterocycles.